The second-order valence-electron chi connectivity index (χ2n) is 2.52. The monoisotopic (exact) mass is 156 g/mol. The zero-order valence-corrected chi connectivity index (χ0v) is 7.09. The molecular weight excluding hydrogens is 144 g/mol. The van der Waals surface area contributed by atoms with Crippen molar-refractivity contribution in [2.75, 3.05) is 0 Å². The van der Waals surface area contributed by atoms with E-state index in [-0.39, 0.29) is 0 Å². The van der Waals surface area contributed by atoms with E-state index in [1.807, 2.05) is 30.3 Å². The lowest BCUT2D eigenvalue weighted by Crippen LogP contribution is -1.83. The summed E-state index contributed by atoms with van der Waals surface area (Å²) in [4.78, 5) is 0. The predicted octanol–water partition coefficient (Wildman–Crippen LogP) is 3.53. The van der Waals surface area contributed by atoms with Crippen LogP contribution in [0.15, 0.2) is 50.1 Å². The Labute approximate surface area is 73.6 Å². The molecule has 1 aromatic carbocycles. The summed E-state index contributed by atoms with van der Waals surface area (Å²) in [7, 11) is 0. The molecule has 1 rings (SSSR count). The Morgan fingerprint density at radius 2 is 1.83 bits per heavy atom. The van der Waals surface area contributed by atoms with Gasteiger partial charge in [-0.1, -0.05) is 56.2 Å². The molecule has 0 saturated heterocycles. The first kappa shape index (κ1) is 8.54. The quantitative estimate of drug-likeness (QED) is 0.587. The zero-order valence-electron chi connectivity index (χ0n) is 7.09. The second-order valence-corrected chi connectivity index (χ2v) is 2.52. The molecule has 0 aliphatic heterocycles. The van der Waals surface area contributed by atoms with Crippen LogP contribution in [-0.2, 0) is 0 Å². The summed E-state index contributed by atoms with van der Waals surface area (Å²) >= 11 is 0. The van der Waals surface area contributed by atoms with Crippen LogP contribution in [0.3, 0.4) is 0 Å². The van der Waals surface area contributed by atoms with Gasteiger partial charge in [0.05, 0.1) is 0 Å². The molecule has 0 atom stereocenters. The number of rotatable bonds is 3. The largest absolute Gasteiger partial charge is 0.0985 e. The average molecular weight is 156 g/mol. The van der Waals surface area contributed by atoms with Gasteiger partial charge in [-0.25, -0.2) is 0 Å². The second kappa shape index (κ2) is 3.72. The molecule has 0 heterocycles. The molecule has 0 nitrogen and oxygen atoms in total. The van der Waals surface area contributed by atoms with E-state index >= 15 is 0 Å². The Balaban J connectivity index is 3.21. The number of hydrogen-bond donors (Lipinski definition) is 0. The molecule has 1 aromatic rings. The van der Waals surface area contributed by atoms with Crippen LogP contribution >= 0.6 is 0 Å². The predicted molar refractivity (Wildman–Crippen MR) is 55.8 cm³/mol. The van der Waals surface area contributed by atoms with Crippen LogP contribution in [0.2, 0.25) is 0 Å². The molecule has 0 bridgehead atoms. The molecule has 0 heteroatoms. The van der Waals surface area contributed by atoms with Gasteiger partial charge >= 0.3 is 0 Å². The van der Waals surface area contributed by atoms with E-state index < -0.39 is 0 Å². The lowest BCUT2D eigenvalue weighted by atomic mass is 10.0. The fourth-order valence-corrected chi connectivity index (χ4v) is 1.08. The van der Waals surface area contributed by atoms with Gasteiger partial charge in [-0.2, -0.15) is 0 Å². The summed E-state index contributed by atoms with van der Waals surface area (Å²) in [5, 5.41) is 0. The normalized spacial score (nSPS) is 9.00. The maximum atomic E-state index is 3.89. The molecule has 0 fully saturated rings. The van der Waals surface area contributed by atoms with Gasteiger partial charge in [-0.05, 0) is 16.7 Å². The van der Waals surface area contributed by atoms with Crippen LogP contribution < -0.4 is 0 Å². The summed E-state index contributed by atoms with van der Waals surface area (Å²) < 4.78 is 0. The molecule has 12 heavy (non-hydrogen) atoms. The first-order chi connectivity index (χ1) is 5.79. The van der Waals surface area contributed by atoms with Gasteiger partial charge in [0.1, 0.15) is 0 Å². The van der Waals surface area contributed by atoms with Gasteiger partial charge in [0.15, 0.2) is 0 Å². The van der Waals surface area contributed by atoms with Gasteiger partial charge < -0.3 is 0 Å². The fourth-order valence-electron chi connectivity index (χ4n) is 1.08. The molecule has 0 N–H and O–H groups in total. The summed E-state index contributed by atoms with van der Waals surface area (Å²) in [6, 6.07) is 7.99. The lowest BCUT2D eigenvalue weighted by Gasteiger charge is -2.03. The highest BCUT2D eigenvalue weighted by Crippen LogP contribution is 2.18. The van der Waals surface area contributed by atoms with Gasteiger partial charge in [0.25, 0.3) is 0 Å². The van der Waals surface area contributed by atoms with E-state index in [2.05, 4.69) is 19.7 Å². The molecule has 0 aliphatic rings. The third-order valence-corrected chi connectivity index (χ3v) is 1.77. The average Bonchev–Trinajstić information content (AvgIpc) is 2.16. The van der Waals surface area contributed by atoms with E-state index in [1.54, 1.807) is 6.08 Å². The Morgan fingerprint density at radius 1 is 1.17 bits per heavy atom. The van der Waals surface area contributed by atoms with E-state index in [9.17, 15) is 0 Å². The maximum absolute atomic E-state index is 3.89. The van der Waals surface area contributed by atoms with Crippen molar-refractivity contribution in [3.63, 3.8) is 0 Å². The minimum atomic E-state index is 0.936. The molecular formula is C12H12. The van der Waals surface area contributed by atoms with Crippen molar-refractivity contribution in [3.8, 4) is 0 Å². The SMILES string of the molecule is C=CC(=C)c1ccccc1C=C. The Hall–Kier alpha value is -1.56. The number of hydrogen-bond acceptors (Lipinski definition) is 0. The summed E-state index contributed by atoms with van der Waals surface area (Å²) in [5.41, 5.74) is 3.13. The third-order valence-electron chi connectivity index (χ3n) is 1.77. The third kappa shape index (κ3) is 1.54. The van der Waals surface area contributed by atoms with E-state index in [4.69, 9.17) is 0 Å². The summed E-state index contributed by atoms with van der Waals surface area (Å²) in [6.45, 7) is 11.3. The highest BCUT2D eigenvalue weighted by atomic mass is 14.0. The minimum Gasteiger partial charge on any atom is -0.0985 e. The van der Waals surface area contributed by atoms with Crippen LogP contribution in [0.1, 0.15) is 11.1 Å². The van der Waals surface area contributed by atoms with E-state index in [1.165, 1.54) is 0 Å². The Kier molecular flexibility index (Phi) is 2.65. The molecule has 0 radical (unpaired) electrons. The molecule has 0 spiro atoms. The highest BCUT2D eigenvalue weighted by molar-refractivity contribution is 5.77. The standard InChI is InChI=1S/C12H12/c1-4-10(3)12-9-7-6-8-11(12)5-2/h4-9H,1-3H2. The zero-order chi connectivity index (χ0) is 8.97. The van der Waals surface area contributed by atoms with Gasteiger partial charge in [0, 0.05) is 0 Å². The van der Waals surface area contributed by atoms with Gasteiger partial charge in [0.2, 0.25) is 0 Å². The van der Waals surface area contributed by atoms with Crippen molar-refractivity contribution >= 4 is 11.6 Å². The molecule has 0 aromatic heterocycles. The van der Waals surface area contributed by atoms with Crippen molar-refractivity contribution in [1.29, 1.82) is 0 Å². The van der Waals surface area contributed by atoms with Gasteiger partial charge in [-0.15, -0.1) is 0 Å². The van der Waals surface area contributed by atoms with Crippen molar-refractivity contribution < 1.29 is 0 Å². The maximum Gasteiger partial charge on any atom is -0.0118 e. The lowest BCUT2D eigenvalue weighted by molar-refractivity contribution is 1.59. The molecule has 0 unspecified atom stereocenters. The van der Waals surface area contributed by atoms with Gasteiger partial charge in [-0.3, -0.25) is 0 Å². The first-order valence-electron chi connectivity index (χ1n) is 3.82. The number of allylic oxidation sites excluding steroid dienone is 2. The smallest absolute Gasteiger partial charge is 0.0118 e. The van der Waals surface area contributed by atoms with Crippen molar-refractivity contribution in [2.45, 2.75) is 0 Å². The van der Waals surface area contributed by atoms with Crippen LogP contribution in [0.4, 0.5) is 0 Å². The van der Waals surface area contributed by atoms with Crippen molar-refractivity contribution in [1.82, 2.24) is 0 Å². The number of benzene rings is 1. The summed E-state index contributed by atoms with van der Waals surface area (Å²) in [6.07, 6.45) is 3.58. The van der Waals surface area contributed by atoms with Crippen molar-refractivity contribution in [2.24, 2.45) is 0 Å². The molecule has 0 amide bonds. The topological polar surface area (TPSA) is 0 Å². The highest BCUT2D eigenvalue weighted by Gasteiger charge is 1.97. The molecule has 0 aliphatic carbocycles. The summed E-state index contributed by atoms with van der Waals surface area (Å²) in [5.74, 6) is 0. The fraction of sp³-hybridized carbons (Fsp3) is 0. The first-order valence-corrected chi connectivity index (χ1v) is 3.82. The van der Waals surface area contributed by atoms with Crippen LogP contribution in [0, 0.1) is 0 Å². The van der Waals surface area contributed by atoms with Crippen molar-refractivity contribution in [3.05, 3.63) is 61.2 Å². The Bertz CT molecular complexity index is 319. The van der Waals surface area contributed by atoms with E-state index in [0.717, 1.165) is 16.7 Å². The van der Waals surface area contributed by atoms with Crippen LogP contribution in [0.25, 0.3) is 11.6 Å². The Morgan fingerprint density at radius 3 is 2.42 bits per heavy atom. The molecule has 0 saturated carbocycles. The van der Waals surface area contributed by atoms with E-state index in [0.29, 0.717) is 0 Å². The molecule has 60 valence electrons. The van der Waals surface area contributed by atoms with Crippen LogP contribution in [-0.4, -0.2) is 0 Å². The minimum absolute atomic E-state index is 0.936. The van der Waals surface area contributed by atoms with Crippen LogP contribution in [0.5, 0.6) is 0 Å².